The van der Waals surface area contributed by atoms with Crippen molar-refractivity contribution < 1.29 is 0 Å². The molecule has 2 rings (SSSR count). The molecule has 1 unspecified atom stereocenters. The summed E-state index contributed by atoms with van der Waals surface area (Å²) in [4.78, 5) is 8.64. The van der Waals surface area contributed by atoms with Crippen molar-refractivity contribution in [1.82, 2.24) is 9.97 Å². The Balaban J connectivity index is 2.29. The van der Waals surface area contributed by atoms with E-state index in [1.807, 2.05) is 37.3 Å². The molecule has 0 aliphatic heterocycles. The second kappa shape index (κ2) is 6.02. The first-order valence-corrected chi connectivity index (χ1v) is 6.76. The van der Waals surface area contributed by atoms with Gasteiger partial charge in [-0.25, -0.2) is 9.97 Å². The van der Waals surface area contributed by atoms with Gasteiger partial charge in [0.25, 0.3) is 0 Å². The average molecular weight is 276 g/mol. The molecule has 1 aromatic heterocycles. The quantitative estimate of drug-likeness (QED) is 0.906. The topological polar surface area (TPSA) is 37.8 Å². The lowest BCUT2D eigenvalue weighted by molar-refractivity contribution is 0.542. The van der Waals surface area contributed by atoms with Crippen LogP contribution in [0.1, 0.15) is 31.1 Å². The Labute approximate surface area is 119 Å². The van der Waals surface area contributed by atoms with Crippen LogP contribution in [0, 0.1) is 12.8 Å². The highest BCUT2D eigenvalue weighted by Gasteiger charge is 2.19. The maximum Gasteiger partial charge on any atom is 0.223 e. The van der Waals surface area contributed by atoms with Gasteiger partial charge in [0, 0.05) is 16.9 Å². The molecule has 0 saturated carbocycles. The number of hydrogen-bond acceptors (Lipinski definition) is 3. The smallest absolute Gasteiger partial charge is 0.223 e. The number of hydrogen-bond donors (Lipinski definition) is 1. The summed E-state index contributed by atoms with van der Waals surface area (Å²) in [5, 5.41) is 4.13. The predicted octanol–water partition coefficient (Wildman–Crippen LogP) is 4.25. The number of anilines is 1. The number of halogens is 1. The Bertz CT molecular complexity index is 555. The van der Waals surface area contributed by atoms with Gasteiger partial charge in [0.05, 0.1) is 6.04 Å². The lowest BCUT2D eigenvalue weighted by Gasteiger charge is -2.23. The number of aromatic nitrogens is 2. The molecule has 0 bridgehead atoms. The third-order valence-corrected chi connectivity index (χ3v) is 3.33. The molecule has 100 valence electrons. The van der Waals surface area contributed by atoms with Crippen LogP contribution < -0.4 is 5.32 Å². The number of nitrogens with zero attached hydrogens (tertiary/aromatic N) is 2. The van der Waals surface area contributed by atoms with Crippen molar-refractivity contribution in [1.29, 1.82) is 0 Å². The van der Waals surface area contributed by atoms with Gasteiger partial charge in [0.15, 0.2) is 0 Å². The first kappa shape index (κ1) is 13.8. The predicted molar refractivity (Wildman–Crippen MR) is 79.4 cm³/mol. The van der Waals surface area contributed by atoms with E-state index >= 15 is 0 Å². The summed E-state index contributed by atoms with van der Waals surface area (Å²) < 4.78 is 0. The molecule has 0 fully saturated rings. The van der Waals surface area contributed by atoms with Crippen molar-refractivity contribution in [2.45, 2.75) is 26.8 Å². The minimum Gasteiger partial charge on any atom is -0.347 e. The standard InChI is InChI=1S/C15H18ClN3/c1-10(2)14(12-6-4-5-7-13(12)16)19-15-17-9-8-11(3)18-15/h4-10,14H,1-3H3,(H,17,18,19). The third-order valence-electron chi connectivity index (χ3n) is 2.99. The highest BCUT2D eigenvalue weighted by atomic mass is 35.5. The van der Waals surface area contributed by atoms with Gasteiger partial charge in [-0.3, -0.25) is 0 Å². The maximum absolute atomic E-state index is 6.28. The molecule has 0 amide bonds. The van der Waals surface area contributed by atoms with E-state index in [-0.39, 0.29) is 6.04 Å². The zero-order chi connectivity index (χ0) is 13.8. The molecular formula is C15H18ClN3. The second-order valence-corrected chi connectivity index (χ2v) is 5.32. The molecule has 19 heavy (non-hydrogen) atoms. The van der Waals surface area contributed by atoms with Gasteiger partial charge in [-0.1, -0.05) is 43.6 Å². The number of rotatable bonds is 4. The van der Waals surface area contributed by atoms with Crippen LogP contribution in [0.4, 0.5) is 5.95 Å². The van der Waals surface area contributed by atoms with E-state index in [9.17, 15) is 0 Å². The summed E-state index contributed by atoms with van der Waals surface area (Å²) in [7, 11) is 0. The molecule has 0 spiro atoms. The fourth-order valence-electron chi connectivity index (χ4n) is 1.99. The van der Waals surface area contributed by atoms with Crippen molar-refractivity contribution in [2.24, 2.45) is 5.92 Å². The van der Waals surface area contributed by atoms with Crippen LogP contribution in [0.15, 0.2) is 36.5 Å². The zero-order valence-corrected chi connectivity index (χ0v) is 12.1. The molecule has 1 heterocycles. The van der Waals surface area contributed by atoms with Crippen LogP contribution in [0.3, 0.4) is 0 Å². The number of nitrogens with one attached hydrogen (secondary N) is 1. The van der Waals surface area contributed by atoms with Crippen molar-refractivity contribution in [3.63, 3.8) is 0 Å². The van der Waals surface area contributed by atoms with Gasteiger partial charge in [0.2, 0.25) is 5.95 Å². The summed E-state index contributed by atoms with van der Waals surface area (Å²) in [5.41, 5.74) is 2.02. The SMILES string of the molecule is Cc1ccnc(NC(c2ccccc2Cl)C(C)C)n1. The van der Waals surface area contributed by atoms with E-state index < -0.39 is 0 Å². The lowest BCUT2D eigenvalue weighted by Crippen LogP contribution is -2.18. The minimum atomic E-state index is 0.0931. The normalized spacial score (nSPS) is 12.5. The van der Waals surface area contributed by atoms with Crippen molar-refractivity contribution in [2.75, 3.05) is 5.32 Å². The Morgan fingerprint density at radius 1 is 1.16 bits per heavy atom. The first-order valence-electron chi connectivity index (χ1n) is 6.38. The highest BCUT2D eigenvalue weighted by Crippen LogP contribution is 2.30. The maximum atomic E-state index is 6.28. The van der Waals surface area contributed by atoms with E-state index in [0.717, 1.165) is 16.3 Å². The Morgan fingerprint density at radius 2 is 1.89 bits per heavy atom. The van der Waals surface area contributed by atoms with Gasteiger partial charge in [-0.2, -0.15) is 0 Å². The molecule has 2 aromatic rings. The second-order valence-electron chi connectivity index (χ2n) is 4.91. The van der Waals surface area contributed by atoms with Crippen LogP contribution in [0.5, 0.6) is 0 Å². The molecule has 4 heteroatoms. The fraction of sp³-hybridized carbons (Fsp3) is 0.333. The van der Waals surface area contributed by atoms with Gasteiger partial charge >= 0.3 is 0 Å². The minimum absolute atomic E-state index is 0.0931. The van der Waals surface area contributed by atoms with Crippen LogP contribution in [0.25, 0.3) is 0 Å². The molecular weight excluding hydrogens is 258 g/mol. The molecule has 1 aromatic carbocycles. The van der Waals surface area contributed by atoms with Crippen LogP contribution in [-0.4, -0.2) is 9.97 Å². The monoisotopic (exact) mass is 275 g/mol. The summed E-state index contributed by atoms with van der Waals surface area (Å²) in [6.07, 6.45) is 1.76. The average Bonchev–Trinajstić information content (AvgIpc) is 2.37. The van der Waals surface area contributed by atoms with E-state index in [2.05, 4.69) is 29.1 Å². The summed E-state index contributed by atoms with van der Waals surface area (Å²) in [5.74, 6) is 1.02. The van der Waals surface area contributed by atoms with E-state index in [4.69, 9.17) is 11.6 Å². The lowest BCUT2D eigenvalue weighted by atomic mass is 9.96. The number of benzene rings is 1. The summed E-state index contributed by atoms with van der Waals surface area (Å²) >= 11 is 6.28. The summed E-state index contributed by atoms with van der Waals surface area (Å²) in [6.45, 7) is 6.25. The van der Waals surface area contributed by atoms with Crippen LogP contribution >= 0.6 is 11.6 Å². The van der Waals surface area contributed by atoms with Gasteiger partial charge in [-0.15, -0.1) is 0 Å². The Kier molecular flexibility index (Phi) is 4.38. The van der Waals surface area contributed by atoms with Crippen molar-refractivity contribution in [3.8, 4) is 0 Å². The highest BCUT2D eigenvalue weighted by molar-refractivity contribution is 6.31. The largest absolute Gasteiger partial charge is 0.347 e. The van der Waals surface area contributed by atoms with Gasteiger partial charge in [0.1, 0.15) is 0 Å². The van der Waals surface area contributed by atoms with Crippen molar-refractivity contribution in [3.05, 3.63) is 52.8 Å². The molecule has 0 saturated heterocycles. The summed E-state index contributed by atoms with van der Waals surface area (Å²) in [6, 6.07) is 9.85. The fourth-order valence-corrected chi connectivity index (χ4v) is 2.24. The Morgan fingerprint density at radius 3 is 2.53 bits per heavy atom. The van der Waals surface area contributed by atoms with E-state index in [1.54, 1.807) is 6.20 Å². The molecule has 3 nitrogen and oxygen atoms in total. The molecule has 0 radical (unpaired) electrons. The van der Waals surface area contributed by atoms with Gasteiger partial charge in [-0.05, 0) is 30.5 Å². The molecule has 0 aliphatic carbocycles. The number of aryl methyl sites for hydroxylation is 1. The van der Waals surface area contributed by atoms with Crippen molar-refractivity contribution >= 4 is 17.5 Å². The third kappa shape index (κ3) is 3.44. The Hall–Kier alpha value is -1.61. The molecule has 1 atom stereocenters. The van der Waals surface area contributed by atoms with E-state index in [0.29, 0.717) is 11.9 Å². The van der Waals surface area contributed by atoms with E-state index in [1.165, 1.54) is 0 Å². The first-order chi connectivity index (χ1) is 9.08. The molecule has 0 aliphatic rings. The van der Waals surface area contributed by atoms with Gasteiger partial charge < -0.3 is 5.32 Å². The van der Waals surface area contributed by atoms with Crippen LogP contribution in [-0.2, 0) is 0 Å². The van der Waals surface area contributed by atoms with Crippen LogP contribution in [0.2, 0.25) is 5.02 Å². The molecule has 1 N–H and O–H groups in total. The zero-order valence-electron chi connectivity index (χ0n) is 11.4.